The van der Waals surface area contributed by atoms with Crippen molar-refractivity contribution in [3.63, 3.8) is 0 Å². The number of hydrogen-bond donors (Lipinski definition) is 1. The van der Waals surface area contributed by atoms with Gasteiger partial charge in [-0.15, -0.1) is 0 Å². The molecule has 3 aromatic rings. The van der Waals surface area contributed by atoms with Gasteiger partial charge in [0.1, 0.15) is 0 Å². The van der Waals surface area contributed by atoms with E-state index >= 15 is 0 Å². The van der Waals surface area contributed by atoms with Gasteiger partial charge in [0.05, 0.1) is 17.0 Å². The van der Waals surface area contributed by atoms with Crippen molar-refractivity contribution in [3.8, 4) is 11.3 Å². The molecular formula is C19H24N6O2. The molecule has 8 nitrogen and oxygen atoms in total. The Labute approximate surface area is 157 Å². The highest BCUT2D eigenvalue weighted by Crippen LogP contribution is 2.25. The average molecular weight is 368 g/mol. The summed E-state index contributed by atoms with van der Waals surface area (Å²) in [7, 11) is 0. The van der Waals surface area contributed by atoms with Gasteiger partial charge in [0.2, 0.25) is 0 Å². The van der Waals surface area contributed by atoms with Crippen LogP contribution in [0.15, 0.2) is 24.5 Å². The average Bonchev–Trinajstić information content (AvgIpc) is 3.37. The van der Waals surface area contributed by atoms with E-state index in [1.807, 2.05) is 37.7 Å². The number of nitrogens with one attached hydrogen (secondary N) is 1. The summed E-state index contributed by atoms with van der Waals surface area (Å²) in [5, 5.41) is 11.9. The molecule has 0 aromatic carbocycles. The molecule has 0 aliphatic carbocycles. The Kier molecular flexibility index (Phi) is 4.43. The molecule has 0 bridgehead atoms. The Balaban J connectivity index is 1.62. The van der Waals surface area contributed by atoms with Crippen molar-refractivity contribution in [3.05, 3.63) is 35.9 Å². The van der Waals surface area contributed by atoms with E-state index in [-0.39, 0.29) is 11.5 Å². The van der Waals surface area contributed by atoms with E-state index in [2.05, 4.69) is 20.5 Å². The summed E-state index contributed by atoms with van der Waals surface area (Å²) in [6.45, 7) is 8.05. The van der Waals surface area contributed by atoms with E-state index in [1.165, 1.54) is 0 Å². The first-order valence-electron chi connectivity index (χ1n) is 9.30. The maximum atomic E-state index is 12.6. The highest BCUT2D eigenvalue weighted by atomic mass is 16.5. The van der Waals surface area contributed by atoms with Crippen LogP contribution in [0.25, 0.3) is 16.9 Å². The van der Waals surface area contributed by atoms with Gasteiger partial charge in [-0.3, -0.25) is 9.48 Å². The predicted molar refractivity (Wildman–Crippen MR) is 101 cm³/mol. The van der Waals surface area contributed by atoms with E-state index in [1.54, 1.807) is 16.8 Å². The molecule has 1 N–H and O–H groups in total. The second kappa shape index (κ2) is 6.77. The lowest BCUT2D eigenvalue weighted by molar-refractivity contribution is 0.0205. The quantitative estimate of drug-likeness (QED) is 0.746. The number of nitrogens with zero attached hydrogens (tertiary/aromatic N) is 5. The summed E-state index contributed by atoms with van der Waals surface area (Å²) in [5.41, 5.74) is 3.44. The molecule has 1 fully saturated rings. The third kappa shape index (κ3) is 3.32. The van der Waals surface area contributed by atoms with Crippen LogP contribution in [0.5, 0.6) is 0 Å². The summed E-state index contributed by atoms with van der Waals surface area (Å²) >= 11 is 0. The van der Waals surface area contributed by atoms with Crippen molar-refractivity contribution in [2.45, 2.75) is 45.8 Å². The normalized spacial score (nSPS) is 19.7. The molecule has 8 heteroatoms. The van der Waals surface area contributed by atoms with Gasteiger partial charge in [-0.05, 0) is 39.7 Å². The molecule has 0 unspecified atom stereocenters. The van der Waals surface area contributed by atoms with Crippen LogP contribution in [-0.2, 0) is 11.3 Å². The fraction of sp³-hybridized carbons (Fsp3) is 0.474. The van der Waals surface area contributed by atoms with Crippen LogP contribution < -0.4 is 5.32 Å². The molecule has 4 rings (SSSR count). The van der Waals surface area contributed by atoms with Crippen molar-refractivity contribution >= 4 is 11.6 Å². The number of aromatic nitrogens is 5. The van der Waals surface area contributed by atoms with Crippen LogP contribution >= 0.6 is 0 Å². The Morgan fingerprint density at radius 1 is 1.41 bits per heavy atom. The second-order valence-corrected chi connectivity index (χ2v) is 7.20. The van der Waals surface area contributed by atoms with Crippen LogP contribution in [0.1, 0.15) is 42.9 Å². The zero-order valence-electron chi connectivity index (χ0n) is 15.9. The zero-order chi connectivity index (χ0) is 19.0. The molecule has 4 heterocycles. The molecule has 1 aliphatic rings. The SMILES string of the molecule is CCn1cc(-c2ccnc3cc(C(=O)NC[C@]4(C)CCCO4)nn23)c(C)n1. The van der Waals surface area contributed by atoms with Crippen LogP contribution in [0.4, 0.5) is 0 Å². The highest BCUT2D eigenvalue weighted by molar-refractivity contribution is 5.93. The number of aryl methyl sites for hydroxylation is 2. The topological polar surface area (TPSA) is 86.3 Å². The highest BCUT2D eigenvalue weighted by Gasteiger charge is 2.30. The van der Waals surface area contributed by atoms with E-state index in [0.29, 0.717) is 17.9 Å². The van der Waals surface area contributed by atoms with Crippen LogP contribution in [0.2, 0.25) is 0 Å². The van der Waals surface area contributed by atoms with Crippen molar-refractivity contribution in [2.75, 3.05) is 13.2 Å². The van der Waals surface area contributed by atoms with E-state index < -0.39 is 0 Å². The first kappa shape index (κ1) is 17.7. The molecule has 0 spiro atoms. The van der Waals surface area contributed by atoms with Gasteiger partial charge in [-0.2, -0.15) is 10.2 Å². The monoisotopic (exact) mass is 368 g/mol. The molecule has 0 radical (unpaired) electrons. The third-order valence-electron chi connectivity index (χ3n) is 5.06. The molecule has 1 saturated heterocycles. The van der Waals surface area contributed by atoms with Gasteiger partial charge >= 0.3 is 0 Å². The fourth-order valence-electron chi connectivity index (χ4n) is 3.48. The van der Waals surface area contributed by atoms with Crippen LogP contribution in [0, 0.1) is 6.92 Å². The minimum absolute atomic E-state index is 0.218. The molecule has 1 atom stereocenters. The summed E-state index contributed by atoms with van der Waals surface area (Å²) in [6, 6.07) is 3.59. The van der Waals surface area contributed by atoms with E-state index in [9.17, 15) is 4.79 Å². The van der Waals surface area contributed by atoms with Crippen molar-refractivity contribution < 1.29 is 9.53 Å². The summed E-state index contributed by atoms with van der Waals surface area (Å²) in [6.07, 6.45) is 5.69. The molecular weight excluding hydrogens is 344 g/mol. The maximum Gasteiger partial charge on any atom is 0.271 e. The van der Waals surface area contributed by atoms with Crippen molar-refractivity contribution in [1.29, 1.82) is 0 Å². The largest absolute Gasteiger partial charge is 0.373 e. The van der Waals surface area contributed by atoms with E-state index in [0.717, 1.165) is 42.9 Å². The zero-order valence-corrected chi connectivity index (χ0v) is 15.9. The van der Waals surface area contributed by atoms with Gasteiger partial charge in [-0.1, -0.05) is 0 Å². The Bertz CT molecular complexity index is 983. The van der Waals surface area contributed by atoms with Crippen molar-refractivity contribution in [1.82, 2.24) is 29.7 Å². The summed E-state index contributed by atoms with van der Waals surface area (Å²) in [5.74, 6) is -0.218. The minimum Gasteiger partial charge on any atom is -0.373 e. The molecule has 27 heavy (non-hydrogen) atoms. The second-order valence-electron chi connectivity index (χ2n) is 7.20. The summed E-state index contributed by atoms with van der Waals surface area (Å²) in [4.78, 5) is 16.9. The molecule has 3 aromatic heterocycles. The molecule has 1 amide bonds. The number of carbonyl (C=O) groups is 1. The Morgan fingerprint density at radius 2 is 2.26 bits per heavy atom. The van der Waals surface area contributed by atoms with Crippen molar-refractivity contribution in [2.24, 2.45) is 0 Å². The van der Waals surface area contributed by atoms with Gasteiger partial charge in [0.25, 0.3) is 5.91 Å². The van der Waals surface area contributed by atoms with Gasteiger partial charge < -0.3 is 10.1 Å². The smallest absolute Gasteiger partial charge is 0.271 e. The maximum absolute atomic E-state index is 12.6. The number of fused-ring (bicyclic) bond motifs is 1. The lowest BCUT2D eigenvalue weighted by Gasteiger charge is -2.22. The fourth-order valence-corrected chi connectivity index (χ4v) is 3.48. The Morgan fingerprint density at radius 3 is 2.96 bits per heavy atom. The number of hydrogen-bond acceptors (Lipinski definition) is 5. The first-order valence-corrected chi connectivity index (χ1v) is 9.30. The minimum atomic E-state index is -0.288. The number of ether oxygens (including phenoxy) is 1. The predicted octanol–water partition coefficient (Wildman–Crippen LogP) is 2.22. The molecule has 0 saturated carbocycles. The van der Waals surface area contributed by atoms with Gasteiger partial charge in [0, 0.05) is 43.7 Å². The first-order chi connectivity index (χ1) is 13.0. The standard InChI is InChI=1S/C19H24N6O2/c1-4-24-11-14(13(2)22-24)16-6-8-20-17-10-15(23-25(16)17)18(26)21-12-19(3)7-5-9-27-19/h6,8,10-11H,4-5,7,9,12H2,1-3H3,(H,21,26)/t19-/m0/s1. The summed E-state index contributed by atoms with van der Waals surface area (Å²) < 4.78 is 9.31. The molecule has 1 aliphatic heterocycles. The Hall–Kier alpha value is -2.74. The number of rotatable bonds is 5. The number of amides is 1. The molecule has 142 valence electrons. The van der Waals surface area contributed by atoms with Crippen LogP contribution in [-0.4, -0.2) is 49.0 Å². The van der Waals surface area contributed by atoms with E-state index in [4.69, 9.17) is 4.74 Å². The van der Waals surface area contributed by atoms with Crippen LogP contribution in [0.3, 0.4) is 0 Å². The number of carbonyl (C=O) groups excluding carboxylic acids is 1. The third-order valence-corrected chi connectivity index (χ3v) is 5.06. The van der Waals surface area contributed by atoms with Gasteiger partial charge in [-0.25, -0.2) is 9.50 Å². The lowest BCUT2D eigenvalue weighted by atomic mass is 10.0. The lowest BCUT2D eigenvalue weighted by Crippen LogP contribution is -2.40. The van der Waals surface area contributed by atoms with Gasteiger partial charge in [0.15, 0.2) is 11.3 Å².